The predicted octanol–water partition coefficient (Wildman–Crippen LogP) is 4.22. The van der Waals surface area contributed by atoms with Gasteiger partial charge in [0, 0.05) is 30.6 Å². The van der Waals surface area contributed by atoms with Crippen LogP contribution in [0.2, 0.25) is 5.02 Å². The van der Waals surface area contributed by atoms with Crippen LogP contribution >= 0.6 is 11.6 Å². The van der Waals surface area contributed by atoms with Crippen LogP contribution in [0, 0.1) is 18.8 Å². The number of carbonyl (C=O) groups is 1. The van der Waals surface area contributed by atoms with Gasteiger partial charge in [0.05, 0.1) is 10.8 Å². The zero-order valence-corrected chi connectivity index (χ0v) is 19.2. The first-order valence-corrected chi connectivity index (χ1v) is 12.1. The van der Waals surface area contributed by atoms with Gasteiger partial charge in [0.25, 0.3) is 0 Å². The molecule has 1 aliphatic rings. The summed E-state index contributed by atoms with van der Waals surface area (Å²) < 4.78 is 27.8. The molecule has 2 atom stereocenters. The summed E-state index contributed by atoms with van der Waals surface area (Å²) in [4.78, 5) is 13.2. The number of sulfonamides is 1. The molecule has 2 aromatic rings. The van der Waals surface area contributed by atoms with E-state index in [9.17, 15) is 13.2 Å². The molecular weight excluding hydrogens is 420 g/mol. The number of rotatable bonds is 7. The van der Waals surface area contributed by atoms with Crippen LogP contribution in [-0.2, 0) is 14.8 Å². The fourth-order valence-corrected chi connectivity index (χ4v) is 5.37. The average molecular weight is 449 g/mol. The van der Waals surface area contributed by atoms with Gasteiger partial charge in [0.15, 0.2) is 0 Å². The van der Waals surface area contributed by atoms with E-state index in [2.05, 4.69) is 19.2 Å². The van der Waals surface area contributed by atoms with E-state index in [1.807, 2.05) is 31.2 Å². The lowest BCUT2D eigenvalue weighted by molar-refractivity contribution is -0.124. The van der Waals surface area contributed by atoms with E-state index >= 15 is 0 Å². The third kappa shape index (κ3) is 5.23. The van der Waals surface area contributed by atoms with E-state index < -0.39 is 15.9 Å². The van der Waals surface area contributed by atoms with Gasteiger partial charge in [-0.3, -0.25) is 4.79 Å². The number of hydrogen-bond acceptors (Lipinski definition) is 3. The SMILES string of the molecule is Cc1ccc([C@H]2CN(S(=O)(=O)c3ccc(Cl)cc3)C[C@@H]2C(=O)NCCC(C)C)cc1. The van der Waals surface area contributed by atoms with Crippen molar-refractivity contribution >= 4 is 27.5 Å². The van der Waals surface area contributed by atoms with E-state index in [-0.39, 0.29) is 29.8 Å². The molecule has 0 aromatic heterocycles. The summed E-state index contributed by atoms with van der Waals surface area (Å²) in [6.07, 6.45) is 0.889. The van der Waals surface area contributed by atoms with E-state index in [1.165, 1.54) is 16.4 Å². The highest BCUT2D eigenvalue weighted by molar-refractivity contribution is 7.89. The Morgan fingerprint density at radius 1 is 1.10 bits per heavy atom. The Balaban J connectivity index is 1.86. The van der Waals surface area contributed by atoms with Gasteiger partial charge in [0.1, 0.15) is 0 Å². The summed E-state index contributed by atoms with van der Waals surface area (Å²) in [7, 11) is -3.71. The number of amides is 1. The van der Waals surface area contributed by atoms with E-state index in [4.69, 9.17) is 11.6 Å². The number of aryl methyl sites for hydroxylation is 1. The third-order valence-corrected chi connectivity index (χ3v) is 7.70. The summed E-state index contributed by atoms with van der Waals surface area (Å²) in [5, 5.41) is 3.49. The molecule has 0 saturated carbocycles. The van der Waals surface area contributed by atoms with Gasteiger partial charge in [-0.25, -0.2) is 8.42 Å². The molecule has 3 rings (SSSR count). The Bertz CT molecular complexity index is 973. The maximum atomic E-state index is 13.2. The lowest BCUT2D eigenvalue weighted by Gasteiger charge is -2.19. The second-order valence-corrected chi connectivity index (χ2v) is 10.7. The molecule has 0 unspecified atom stereocenters. The van der Waals surface area contributed by atoms with Gasteiger partial charge in [-0.15, -0.1) is 0 Å². The van der Waals surface area contributed by atoms with Crippen molar-refractivity contribution < 1.29 is 13.2 Å². The minimum absolute atomic E-state index is 0.0879. The van der Waals surface area contributed by atoms with Crippen molar-refractivity contribution in [2.75, 3.05) is 19.6 Å². The molecule has 30 heavy (non-hydrogen) atoms. The normalized spacial score (nSPS) is 19.9. The molecule has 0 aliphatic carbocycles. The van der Waals surface area contributed by atoms with E-state index in [0.717, 1.165) is 17.5 Å². The molecule has 5 nitrogen and oxygen atoms in total. The number of nitrogens with one attached hydrogen (secondary N) is 1. The van der Waals surface area contributed by atoms with Crippen LogP contribution in [0.4, 0.5) is 0 Å². The Labute approximate surface area is 184 Å². The van der Waals surface area contributed by atoms with E-state index in [1.54, 1.807) is 12.1 Å². The maximum absolute atomic E-state index is 13.2. The molecule has 1 fully saturated rings. The molecule has 1 amide bonds. The summed E-state index contributed by atoms with van der Waals surface area (Å²) >= 11 is 5.91. The second-order valence-electron chi connectivity index (χ2n) is 8.37. The molecule has 0 radical (unpaired) electrons. The maximum Gasteiger partial charge on any atom is 0.243 e. The first-order valence-electron chi connectivity index (χ1n) is 10.3. The molecule has 0 bridgehead atoms. The Morgan fingerprint density at radius 2 is 1.73 bits per heavy atom. The number of halogens is 1. The molecule has 7 heteroatoms. The van der Waals surface area contributed by atoms with Crippen molar-refractivity contribution in [2.24, 2.45) is 11.8 Å². The third-order valence-electron chi connectivity index (χ3n) is 5.60. The fraction of sp³-hybridized carbons (Fsp3) is 0.435. The number of carbonyl (C=O) groups excluding carboxylic acids is 1. The van der Waals surface area contributed by atoms with Crippen molar-refractivity contribution in [3.8, 4) is 0 Å². The minimum Gasteiger partial charge on any atom is -0.356 e. The van der Waals surface area contributed by atoms with Crippen LogP contribution < -0.4 is 5.32 Å². The predicted molar refractivity (Wildman–Crippen MR) is 120 cm³/mol. The minimum atomic E-state index is -3.71. The largest absolute Gasteiger partial charge is 0.356 e. The molecular formula is C23H29ClN2O3S. The standard InChI is InChI=1S/C23H29ClN2O3S/c1-16(2)12-13-25-23(27)22-15-26(14-21(22)18-6-4-17(3)5-7-18)30(28,29)20-10-8-19(24)9-11-20/h4-11,16,21-22H,12-15H2,1-3H3,(H,25,27)/t21-,22+/m1/s1. The summed E-state index contributed by atoms with van der Waals surface area (Å²) in [5.41, 5.74) is 2.11. The highest BCUT2D eigenvalue weighted by Gasteiger charge is 2.43. The average Bonchev–Trinajstić information content (AvgIpc) is 3.15. The van der Waals surface area contributed by atoms with Crippen molar-refractivity contribution in [3.05, 3.63) is 64.7 Å². The number of benzene rings is 2. The van der Waals surface area contributed by atoms with Gasteiger partial charge >= 0.3 is 0 Å². The highest BCUT2D eigenvalue weighted by Crippen LogP contribution is 2.36. The van der Waals surface area contributed by atoms with Crippen molar-refractivity contribution in [1.29, 1.82) is 0 Å². The summed E-state index contributed by atoms with van der Waals surface area (Å²) in [6.45, 7) is 7.26. The lowest BCUT2D eigenvalue weighted by Crippen LogP contribution is -2.36. The Kier molecular flexibility index (Phi) is 7.22. The van der Waals surface area contributed by atoms with Crippen molar-refractivity contribution in [1.82, 2.24) is 9.62 Å². The molecule has 1 N–H and O–H groups in total. The number of nitrogens with zero attached hydrogens (tertiary/aromatic N) is 1. The van der Waals surface area contributed by atoms with Crippen molar-refractivity contribution in [3.63, 3.8) is 0 Å². The van der Waals surface area contributed by atoms with Crippen LogP contribution in [0.5, 0.6) is 0 Å². The Hall–Kier alpha value is -1.89. The fourth-order valence-electron chi connectivity index (χ4n) is 3.75. The molecule has 1 heterocycles. The van der Waals surface area contributed by atoms with Crippen molar-refractivity contribution in [2.45, 2.75) is 38.0 Å². The zero-order chi connectivity index (χ0) is 21.9. The van der Waals surface area contributed by atoms with Crippen LogP contribution in [-0.4, -0.2) is 38.3 Å². The first kappa shape index (κ1) is 22.8. The van der Waals surface area contributed by atoms with Gasteiger partial charge < -0.3 is 5.32 Å². The zero-order valence-electron chi connectivity index (χ0n) is 17.6. The summed E-state index contributed by atoms with van der Waals surface area (Å²) in [5.74, 6) is -0.216. The van der Waals surface area contributed by atoms with Crippen LogP contribution in [0.1, 0.15) is 37.3 Å². The molecule has 1 aliphatic heterocycles. The first-order chi connectivity index (χ1) is 14.2. The highest BCUT2D eigenvalue weighted by atomic mass is 35.5. The van der Waals surface area contributed by atoms with Crippen LogP contribution in [0.25, 0.3) is 0 Å². The second kappa shape index (κ2) is 9.50. The molecule has 2 aromatic carbocycles. The molecule has 1 saturated heterocycles. The number of hydrogen-bond donors (Lipinski definition) is 1. The van der Waals surface area contributed by atoms with Gasteiger partial charge in [0.2, 0.25) is 15.9 Å². The lowest BCUT2D eigenvalue weighted by atomic mass is 9.88. The van der Waals surface area contributed by atoms with Gasteiger partial charge in [-0.1, -0.05) is 55.3 Å². The monoisotopic (exact) mass is 448 g/mol. The quantitative estimate of drug-likeness (QED) is 0.689. The van der Waals surface area contributed by atoms with Crippen LogP contribution in [0.3, 0.4) is 0 Å². The summed E-state index contributed by atoms with van der Waals surface area (Å²) in [6, 6.07) is 14.1. The van der Waals surface area contributed by atoms with Gasteiger partial charge in [-0.2, -0.15) is 4.31 Å². The Morgan fingerprint density at radius 3 is 2.33 bits per heavy atom. The molecule has 162 valence electrons. The smallest absolute Gasteiger partial charge is 0.243 e. The van der Waals surface area contributed by atoms with Gasteiger partial charge in [-0.05, 0) is 49.1 Å². The van der Waals surface area contributed by atoms with E-state index in [0.29, 0.717) is 17.5 Å². The topological polar surface area (TPSA) is 66.5 Å². The van der Waals surface area contributed by atoms with Crippen LogP contribution in [0.15, 0.2) is 53.4 Å². The molecule has 0 spiro atoms.